The van der Waals surface area contributed by atoms with E-state index in [2.05, 4.69) is 10.1 Å². The van der Waals surface area contributed by atoms with Crippen LogP contribution in [0, 0.1) is 0 Å². The van der Waals surface area contributed by atoms with Gasteiger partial charge in [-0.15, -0.1) is 0 Å². The zero-order valence-corrected chi connectivity index (χ0v) is 20.8. The van der Waals surface area contributed by atoms with Gasteiger partial charge in [-0.25, -0.2) is 0 Å². The second-order valence-electron chi connectivity index (χ2n) is 9.78. The number of Topliss-reactive ketones (excluding diaryl/α,β-unsaturated/α-hetero) is 2. The van der Waals surface area contributed by atoms with Crippen molar-refractivity contribution in [1.82, 2.24) is 5.16 Å². The Balaban J connectivity index is 1.35. The summed E-state index contributed by atoms with van der Waals surface area (Å²) in [4.78, 5) is 41.5. The molecule has 2 atom stereocenters. The quantitative estimate of drug-likeness (QED) is 0.336. The van der Waals surface area contributed by atoms with E-state index in [9.17, 15) is 19.5 Å². The molecule has 0 radical (unpaired) electrons. The Hall–Kier alpha value is -4.33. The molecule has 2 N–H and O–H groups in total. The first-order valence-corrected chi connectivity index (χ1v) is 12.7. The molecule has 2 aromatic carbocycles. The Labute approximate surface area is 219 Å². The Morgan fingerprint density at radius 2 is 1.47 bits per heavy atom. The van der Waals surface area contributed by atoms with Crippen molar-refractivity contribution in [2.45, 2.75) is 50.4 Å². The number of nitrogens with zero attached hydrogens (tertiary/aromatic N) is 2. The van der Waals surface area contributed by atoms with Gasteiger partial charge in [0.05, 0.1) is 22.5 Å². The lowest BCUT2D eigenvalue weighted by Crippen LogP contribution is -2.27. The molecule has 1 saturated carbocycles. The second kappa shape index (κ2) is 11.0. The number of carboxylic acids is 1. The first-order valence-electron chi connectivity index (χ1n) is 12.7. The van der Waals surface area contributed by atoms with Crippen molar-refractivity contribution in [2.24, 2.45) is 4.99 Å². The highest BCUT2D eigenvalue weighted by atomic mass is 16.5. The van der Waals surface area contributed by atoms with Gasteiger partial charge in [0.25, 0.3) is 0 Å². The van der Waals surface area contributed by atoms with E-state index in [1.807, 2.05) is 60.7 Å². The van der Waals surface area contributed by atoms with Gasteiger partial charge in [0.2, 0.25) is 0 Å². The highest BCUT2D eigenvalue weighted by Crippen LogP contribution is 2.36. The Morgan fingerprint density at radius 3 is 2.11 bits per heavy atom. The van der Waals surface area contributed by atoms with Crippen molar-refractivity contribution in [3.8, 4) is 0 Å². The van der Waals surface area contributed by atoms with Crippen LogP contribution in [0.25, 0.3) is 0 Å². The number of hydrogen-bond donors (Lipinski definition) is 2. The van der Waals surface area contributed by atoms with Gasteiger partial charge < -0.3 is 14.7 Å². The predicted octanol–water partition coefficient (Wildman–Crippen LogP) is 5.00. The fourth-order valence-electron chi connectivity index (χ4n) is 5.42. The van der Waals surface area contributed by atoms with E-state index in [1.54, 1.807) is 0 Å². The van der Waals surface area contributed by atoms with Gasteiger partial charge >= 0.3 is 5.97 Å². The summed E-state index contributed by atoms with van der Waals surface area (Å²) < 4.78 is 5.53. The Morgan fingerprint density at radius 1 is 0.868 bits per heavy atom. The van der Waals surface area contributed by atoms with Crippen LogP contribution in [-0.4, -0.2) is 45.2 Å². The van der Waals surface area contributed by atoms with E-state index in [1.165, 1.54) is 0 Å². The largest absolute Gasteiger partial charge is 0.511 e. The zero-order chi connectivity index (χ0) is 26.6. The molecule has 0 bridgehead atoms. The van der Waals surface area contributed by atoms with Crippen molar-refractivity contribution >= 4 is 23.2 Å². The number of hydrogen-bond acceptors (Lipinski definition) is 7. The molecule has 0 saturated heterocycles. The molecule has 38 heavy (non-hydrogen) atoms. The standard InChI is InChI=1S/C30H28N2O6/c33-24(29-23(31-17-28(36)37)13-20(14-25(29)34)18-7-3-1-4-8-18)12-11-22-30-26(35)15-21(16-27(30)38-32-22)19-9-5-2-6-10-19/h1-10,20-21,33H,11-17H2,(H,36,37). The molecule has 2 aliphatic rings. The molecule has 8 nitrogen and oxygen atoms in total. The average molecular weight is 513 g/mol. The molecule has 194 valence electrons. The second-order valence-corrected chi connectivity index (χ2v) is 9.78. The number of fused-ring (bicyclic) bond motifs is 1. The van der Waals surface area contributed by atoms with Crippen LogP contribution in [0.3, 0.4) is 0 Å². The minimum Gasteiger partial charge on any atom is -0.511 e. The van der Waals surface area contributed by atoms with Gasteiger partial charge in [-0.3, -0.25) is 19.4 Å². The molecule has 3 aromatic rings. The normalized spacial score (nSPS) is 21.8. The molecule has 0 spiro atoms. The molecule has 2 aliphatic carbocycles. The number of aromatic nitrogens is 1. The fourth-order valence-corrected chi connectivity index (χ4v) is 5.42. The maximum absolute atomic E-state index is 13.2. The van der Waals surface area contributed by atoms with Gasteiger partial charge in [0.1, 0.15) is 18.1 Å². The number of carbonyl (C=O) groups is 3. The summed E-state index contributed by atoms with van der Waals surface area (Å²) in [6.07, 6.45) is 1.71. The molecule has 2 unspecified atom stereocenters. The Kier molecular flexibility index (Phi) is 7.31. The predicted molar refractivity (Wildman–Crippen MR) is 140 cm³/mol. The van der Waals surface area contributed by atoms with E-state index in [0.29, 0.717) is 42.0 Å². The number of aliphatic hydroxyl groups excluding tert-OH is 1. The summed E-state index contributed by atoms with van der Waals surface area (Å²) in [6, 6.07) is 19.3. The van der Waals surface area contributed by atoms with Crippen molar-refractivity contribution < 1.29 is 29.1 Å². The number of aryl methyl sites for hydroxylation is 1. The van der Waals surface area contributed by atoms with Crippen LogP contribution >= 0.6 is 0 Å². The third-order valence-electron chi connectivity index (χ3n) is 7.25. The number of ketones is 2. The van der Waals surface area contributed by atoms with Crippen LogP contribution in [-0.2, 0) is 22.4 Å². The Bertz CT molecular complexity index is 1420. The van der Waals surface area contributed by atoms with E-state index in [-0.39, 0.29) is 54.0 Å². The van der Waals surface area contributed by atoms with Crippen molar-refractivity contribution in [2.75, 3.05) is 6.54 Å². The van der Waals surface area contributed by atoms with Gasteiger partial charge in [-0.1, -0.05) is 65.8 Å². The summed E-state index contributed by atoms with van der Waals surface area (Å²) in [5.74, 6) is -1.20. The van der Waals surface area contributed by atoms with Crippen LogP contribution in [0.15, 0.2) is 81.5 Å². The molecule has 5 rings (SSSR count). The highest BCUT2D eigenvalue weighted by Gasteiger charge is 2.34. The van der Waals surface area contributed by atoms with E-state index >= 15 is 0 Å². The number of aliphatic hydroxyl groups is 1. The smallest absolute Gasteiger partial charge is 0.325 e. The SMILES string of the molecule is O=C(O)CN=C1CC(c2ccccc2)CC(=O)C1=C(O)CCc1noc2c1C(=O)CC(c1ccccc1)C2. The molecule has 1 heterocycles. The number of rotatable bonds is 7. The number of aliphatic carboxylic acids is 1. The monoisotopic (exact) mass is 512 g/mol. The van der Waals surface area contributed by atoms with Crippen LogP contribution in [0.1, 0.15) is 70.5 Å². The van der Waals surface area contributed by atoms with Crippen molar-refractivity contribution in [3.05, 3.63) is 100 Å². The highest BCUT2D eigenvalue weighted by molar-refractivity contribution is 6.25. The first-order chi connectivity index (χ1) is 18.4. The number of aliphatic imine (C=N–C) groups is 1. The number of carbonyl (C=O) groups excluding carboxylic acids is 2. The minimum absolute atomic E-state index is 0.0259. The summed E-state index contributed by atoms with van der Waals surface area (Å²) >= 11 is 0. The van der Waals surface area contributed by atoms with Crippen LogP contribution < -0.4 is 0 Å². The van der Waals surface area contributed by atoms with Gasteiger partial charge in [0, 0.05) is 32.1 Å². The maximum atomic E-state index is 13.2. The fraction of sp³-hybridized carbons (Fsp3) is 0.300. The van der Waals surface area contributed by atoms with Crippen LogP contribution in [0.4, 0.5) is 0 Å². The molecule has 1 aromatic heterocycles. The molecule has 8 heteroatoms. The molecular formula is C30H28N2O6. The molecule has 0 amide bonds. The van der Waals surface area contributed by atoms with Crippen LogP contribution in [0.2, 0.25) is 0 Å². The lowest BCUT2D eigenvalue weighted by atomic mass is 9.78. The van der Waals surface area contributed by atoms with Gasteiger partial charge in [0.15, 0.2) is 11.6 Å². The summed E-state index contributed by atoms with van der Waals surface area (Å²) in [6.45, 7) is -0.491. The van der Waals surface area contributed by atoms with Crippen molar-refractivity contribution in [1.29, 1.82) is 0 Å². The number of benzene rings is 2. The number of allylic oxidation sites excluding steroid dienone is 2. The number of carboxylic acid groups (broad SMARTS) is 1. The van der Waals surface area contributed by atoms with Crippen molar-refractivity contribution in [3.63, 3.8) is 0 Å². The topological polar surface area (TPSA) is 130 Å². The third kappa shape index (κ3) is 5.34. The molecule has 0 aliphatic heterocycles. The molecule has 1 fully saturated rings. The summed E-state index contributed by atoms with van der Waals surface area (Å²) in [7, 11) is 0. The average Bonchev–Trinajstić information content (AvgIpc) is 3.35. The summed E-state index contributed by atoms with van der Waals surface area (Å²) in [5, 5.41) is 24.3. The van der Waals surface area contributed by atoms with E-state index < -0.39 is 12.5 Å². The third-order valence-corrected chi connectivity index (χ3v) is 7.25. The minimum atomic E-state index is -1.12. The zero-order valence-electron chi connectivity index (χ0n) is 20.8. The summed E-state index contributed by atoms with van der Waals surface area (Å²) in [5.41, 5.74) is 3.32. The van der Waals surface area contributed by atoms with E-state index in [0.717, 1.165) is 11.1 Å². The van der Waals surface area contributed by atoms with E-state index in [4.69, 9.17) is 9.63 Å². The lowest BCUT2D eigenvalue weighted by Gasteiger charge is -2.26. The van der Waals surface area contributed by atoms with Gasteiger partial charge in [-0.2, -0.15) is 0 Å². The first kappa shape index (κ1) is 25.3. The lowest BCUT2D eigenvalue weighted by molar-refractivity contribution is -0.135. The maximum Gasteiger partial charge on any atom is 0.325 e. The van der Waals surface area contributed by atoms with Crippen LogP contribution in [0.5, 0.6) is 0 Å². The molecular weight excluding hydrogens is 484 g/mol. The van der Waals surface area contributed by atoms with Gasteiger partial charge in [-0.05, 0) is 29.4 Å².